The van der Waals surface area contributed by atoms with Gasteiger partial charge in [-0.2, -0.15) is 31.4 Å². The van der Waals surface area contributed by atoms with Crippen LogP contribution in [0.2, 0.25) is 0 Å². The predicted octanol–water partition coefficient (Wildman–Crippen LogP) is 2.55. The van der Waals surface area contributed by atoms with Gasteiger partial charge in [-0.3, -0.25) is 14.3 Å². The van der Waals surface area contributed by atoms with Crippen LogP contribution in [0, 0.1) is 0 Å². The molecular weight excluding hydrogens is 580 g/mol. The fourth-order valence-corrected chi connectivity index (χ4v) is 3.86. The third kappa shape index (κ3) is 7.67. The molecule has 1 fully saturated rings. The van der Waals surface area contributed by atoms with Crippen LogP contribution >= 0.6 is 0 Å². The van der Waals surface area contributed by atoms with E-state index in [0.29, 0.717) is 0 Å². The SMILES string of the molecule is COC[C@H](c1ccnc(NC(=O)[C@H](COC(C)(C)C(F)(F)F)NC(=O)c2ccnn2C)c1)N1C[C@@H](C(F)(F)F)NC1=O. The molecule has 3 N–H and O–H groups in total. The number of amides is 4. The van der Waals surface area contributed by atoms with Crippen LogP contribution in [0.1, 0.15) is 35.9 Å². The number of nitrogens with one attached hydrogen (secondary N) is 3. The van der Waals surface area contributed by atoms with Crippen LogP contribution in [0.3, 0.4) is 0 Å². The van der Waals surface area contributed by atoms with Crippen molar-refractivity contribution in [3.8, 4) is 0 Å². The Morgan fingerprint density at radius 1 is 1.14 bits per heavy atom. The smallest absolute Gasteiger partial charge is 0.382 e. The third-order valence-electron chi connectivity index (χ3n) is 6.42. The monoisotopic (exact) mass is 609 g/mol. The van der Waals surface area contributed by atoms with Crippen LogP contribution in [0.15, 0.2) is 30.6 Å². The summed E-state index contributed by atoms with van der Waals surface area (Å²) < 4.78 is 91.0. The summed E-state index contributed by atoms with van der Waals surface area (Å²) in [7, 11) is 2.72. The second kappa shape index (κ2) is 12.5. The molecule has 2 aromatic rings. The van der Waals surface area contributed by atoms with Crippen molar-refractivity contribution in [3.63, 3.8) is 0 Å². The minimum absolute atomic E-state index is 0.00598. The molecule has 0 spiro atoms. The van der Waals surface area contributed by atoms with Gasteiger partial charge in [0.05, 0.1) is 25.8 Å². The number of anilines is 1. The average molecular weight is 610 g/mol. The molecule has 12 nitrogen and oxygen atoms in total. The van der Waals surface area contributed by atoms with Crippen molar-refractivity contribution in [3.05, 3.63) is 41.9 Å². The quantitative estimate of drug-likeness (QED) is 0.333. The topological polar surface area (TPSA) is 140 Å². The fourth-order valence-electron chi connectivity index (χ4n) is 3.86. The standard InChI is InChI=1S/C24H29F6N7O5/c1-22(2,24(28,29)30)42-11-14(33-20(39)15-6-8-32-36(15)3)19(38)35-18-9-13(5-7-31-18)16(12-41-4)37-10-17(23(25,26)27)34-21(37)40/h5-9,14,16-17H,10-12H2,1-4H3,(H,33,39)(H,34,40)(H,31,35,38)/t14-,16+,17-/m0/s1. The molecule has 2 aromatic heterocycles. The largest absolute Gasteiger partial charge is 0.416 e. The van der Waals surface area contributed by atoms with E-state index in [2.05, 4.69) is 20.7 Å². The van der Waals surface area contributed by atoms with E-state index >= 15 is 0 Å². The lowest BCUT2D eigenvalue weighted by Crippen LogP contribution is -2.51. The Bertz CT molecular complexity index is 1280. The van der Waals surface area contributed by atoms with Crippen LogP contribution in [0.25, 0.3) is 0 Å². The second-order valence-electron chi connectivity index (χ2n) is 9.82. The van der Waals surface area contributed by atoms with Crippen molar-refractivity contribution < 1.29 is 50.2 Å². The summed E-state index contributed by atoms with van der Waals surface area (Å²) >= 11 is 0. The molecule has 3 heterocycles. The molecule has 0 unspecified atom stereocenters. The number of pyridine rings is 1. The van der Waals surface area contributed by atoms with Gasteiger partial charge in [-0.25, -0.2) is 9.78 Å². The number of halogens is 6. The minimum Gasteiger partial charge on any atom is -0.382 e. The third-order valence-corrected chi connectivity index (χ3v) is 6.42. The first-order valence-electron chi connectivity index (χ1n) is 12.3. The zero-order valence-electron chi connectivity index (χ0n) is 22.8. The first-order valence-corrected chi connectivity index (χ1v) is 12.3. The molecule has 0 radical (unpaired) electrons. The predicted molar refractivity (Wildman–Crippen MR) is 133 cm³/mol. The molecule has 0 aromatic carbocycles. The Hall–Kier alpha value is -3.93. The maximum absolute atomic E-state index is 13.4. The van der Waals surface area contributed by atoms with E-state index in [4.69, 9.17) is 9.47 Å². The van der Waals surface area contributed by atoms with Gasteiger partial charge in [0.25, 0.3) is 11.8 Å². The Balaban J connectivity index is 1.83. The normalized spacial score (nSPS) is 17.5. The highest BCUT2D eigenvalue weighted by molar-refractivity contribution is 6.00. The maximum atomic E-state index is 13.4. The number of carbonyl (C=O) groups excluding carboxylic acids is 3. The summed E-state index contributed by atoms with van der Waals surface area (Å²) in [5.41, 5.74) is -2.42. The number of alkyl halides is 6. The highest BCUT2D eigenvalue weighted by Crippen LogP contribution is 2.33. The zero-order valence-corrected chi connectivity index (χ0v) is 22.8. The Morgan fingerprint density at radius 3 is 2.38 bits per heavy atom. The summed E-state index contributed by atoms with van der Waals surface area (Å²) in [6, 6.07) is -1.77. The molecule has 0 bridgehead atoms. The molecule has 3 atom stereocenters. The average Bonchev–Trinajstić information content (AvgIpc) is 3.49. The van der Waals surface area contributed by atoms with Crippen LogP contribution in [0.4, 0.5) is 37.0 Å². The van der Waals surface area contributed by atoms with E-state index in [9.17, 15) is 40.7 Å². The molecule has 0 saturated carbocycles. The van der Waals surface area contributed by atoms with E-state index in [0.717, 1.165) is 18.7 Å². The van der Waals surface area contributed by atoms with Gasteiger partial charge < -0.3 is 30.3 Å². The van der Waals surface area contributed by atoms with Crippen molar-refractivity contribution in [1.29, 1.82) is 0 Å². The number of hydrogen-bond donors (Lipinski definition) is 3. The molecule has 0 aliphatic carbocycles. The van der Waals surface area contributed by atoms with E-state index in [1.807, 2.05) is 5.32 Å². The van der Waals surface area contributed by atoms with E-state index in [-0.39, 0.29) is 23.7 Å². The first-order chi connectivity index (χ1) is 19.4. The number of urea groups is 1. The van der Waals surface area contributed by atoms with Gasteiger partial charge in [0.15, 0.2) is 5.60 Å². The Labute approximate surface area is 235 Å². The van der Waals surface area contributed by atoms with Crippen LogP contribution < -0.4 is 16.0 Å². The summed E-state index contributed by atoms with van der Waals surface area (Å²) in [6.07, 6.45) is -6.97. The van der Waals surface area contributed by atoms with Gasteiger partial charge in [0.1, 0.15) is 23.6 Å². The molecule has 4 amide bonds. The zero-order chi connectivity index (χ0) is 31.5. The van der Waals surface area contributed by atoms with Crippen LogP contribution in [-0.2, 0) is 21.3 Å². The number of aryl methyl sites for hydroxylation is 1. The number of ether oxygens (including phenoxy) is 2. The lowest BCUT2D eigenvalue weighted by Gasteiger charge is -2.30. The number of hydrogen-bond acceptors (Lipinski definition) is 7. The molecule has 18 heteroatoms. The van der Waals surface area contributed by atoms with Gasteiger partial charge in [0.2, 0.25) is 0 Å². The highest BCUT2D eigenvalue weighted by atomic mass is 19.4. The summed E-state index contributed by atoms with van der Waals surface area (Å²) in [4.78, 5) is 43.1. The van der Waals surface area contributed by atoms with Crippen LogP contribution in [0.5, 0.6) is 0 Å². The Morgan fingerprint density at radius 2 is 1.83 bits per heavy atom. The minimum atomic E-state index is -4.79. The lowest BCUT2D eigenvalue weighted by molar-refractivity contribution is -0.264. The van der Waals surface area contributed by atoms with Crippen molar-refractivity contribution >= 4 is 23.7 Å². The number of nitrogens with zero attached hydrogens (tertiary/aromatic N) is 4. The van der Waals surface area contributed by atoms with Crippen molar-refractivity contribution in [2.45, 2.75) is 49.9 Å². The van der Waals surface area contributed by atoms with Gasteiger partial charge in [-0.05, 0) is 37.6 Å². The van der Waals surface area contributed by atoms with Gasteiger partial charge in [-0.15, -0.1) is 0 Å². The number of rotatable bonds is 11. The number of aromatic nitrogens is 3. The number of carbonyl (C=O) groups is 3. The van der Waals surface area contributed by atoms with Crippen molar-refractivity contribution in [1.82, 2.24) is 30.3 Å². The first kappa shape index (κ1) is 32.6. The van der Waals surface area contributed by atoms with Gasteiger partial charge >= 0.3 is 18.4 Å². The Kier molecular flexibility index (Phi) is 9.71. The maximum Gasteiger partial charge on any atom is 0.416 e. The molecular formula is C24H29F6N7O5. The molecule has 1 aliphatic rings. The highest BCUT2D eigenvalue weighted by Gasteiger charge is 2.50. The molecule has 1 aliphatic heterocycles. The summed E-state index contributed by atoms with van der Waals surface area (Å²) in [6.45, 7) is -0.290. The molecule has 1 saturated heterocycles. The van der Waals surface area contributed by atoms with Crippen molar-refractivity contribution in [2.24, 2.45) is 7.05 Å². The van der Waals surface area contributed by atoms with Crippen molar-refractivity contribution in [2.75, 3.05) is 32.2 Å². The molecule has 232 valence electrons. The fraction of sp³-hybridized carbons (Fsp3) is 0.542. The lowest BCUT2D eigenvalue weighted by atomic mass is 10.1. The van der Waals surface area contributed by atoms with Gasteiger partial charge in [0, 0.05) is 26.6 Å². The molecule has 42 heavy (non-hydrogen) atoms. The number of methoxy groups -OCH3 is 1. The van der Waals surface area contributed by atoms with E-state index in [1.54, 1.807) is 0 Å². The van der Waals surface area contributed by atoms with Crippen LogP contribution in [-0.4, -0.2) is 94.4 Å². The molecule has 3 rings (SSSR count). The van der Waals surface area contributed by atoms with E-state index in [1.165, 1.54) is 49.4 Å². The summed E-state index contributed by atoms with van der Waals surface area (Å²) in [5, 5.41) is 10.4. The van der Waals surface area contributed by atoms with Gasteiger partial charge in [-0.1, -0.05) is 0 Å². The summed E-state index contributed by atoms with van der Waals surface area (Å²) in [5.74, 6) is -2.00. The van der Waals surface area contributed by atoms with E-state index < -0.39 is 67.1 Å². The second-order valence-corrected chi connectivity index (χ2v) is 9.82.